The van der Waals surface area contributed by atoms with Crippen LogP contribution in [0, 0.1) is 5.82 Å². The molecule has 1 N–H and O–H groups in total. The first-order valence-corrected chi connectivity index (χ1v) is 7.54. The Hall–Kier alpha value is -0.630. The van der Waals surface area contributed by atoms with Crippen molar-refractivity contribution in [2.24, 2.45) is 0 Å². The molecule has 2 rings (SSSR count). The van der Waals surface area contributed by atoms with Crippen LogP contribution in [0.25, 0.3) is 0 Å². The van der Waals surface area contributed by atoms with E-state index in [1.165, 1.54) is 40.9 Å². The zero-order valence-electron chi connectivity index (χ0n) is 8.88. The fourth-order valence-electron chi connectivity index (χ4n) is 1.20. The fourth-order valence-corrected chi connectivity index (χ4v) is 3.70. The van der Waals surface area contributed by atoms with E-state index in [1.54, 1.807) is 12.1 Å². The molecule has 0 unspecified atom stereocenters. The van der Waals surface area contributed by atoms with E-state index < -0.39 is 0 Å². The number of rotatable bonds is 4. The summed E-state index contributed by atoms with van der Waals surface area (Å²) in [6.45, 7) is -0.186. The number of thioether (sulfide) groups is 1. The number of benzene rings is 1. The summed E-state index contributed by atoms with van der Waals surface area (Å²) in [6.07, 6.45) is 1.91. The molecule has 2 aromatic rings. The van der Waals surface area contributed by atoms with Crippen molar-refractivity contribution in [3.05, 3.63) is 29.6 Å². The van der Waals surface area contributed by atoms with E-state index in [2.05, 4.69) is 10.2 Å². The first kappa shape index (κ1) is 12.8. The number of hydrogen-bond donors (Lipinski definition) is 1. The Bertz CT molecular complexity index is 518. The summed E-state index contributed by atoms with van der Waals surface area (Å²) in [6, 6.07) is 4.65. The van der Waals surface area contributed by atoms with Gasteiger partial charge in [-0.3, -0.25) is 0 Å². The van der Waals surface area contributed by atoms with E-state index in [4.69, 9.17) is 5.11 Å². The number of aliphatic hydroxyl groups is 1. The molecule has 0 saturated carbocycles. The molecule has 0 aliphatic heterocycles. The summed E-state index contributed by atoms with van der Waals surface area (Å²) in [7, 11) is 0. The van der Waals surface area contributed by atoms with Crippen LogP contribution in [0.1, 0.15) is 5.56 Å². The van der Waals surface area contributed by atoms with Crippen LogP contribution in [0.5, 0.6) is 0 Å². The van der Waals surface area contributed by atoms with Crippen molar-refractivity contribution < 1.29 is 9.50 Å². The minimum atomic E-state index is -0.345. The second-order valence-electron chi connectivity index (χ2n) is 3.03. The van der Waals surface area contributed by atoms with Gasteiger partial charge in [-0.2, -0.15) is 0 Å². The van der Waals surface area contributed by atoms with Gasteiger partial charge >= 0.3 is 0 Å². The Labute approximate surface area is 110 Å². The second-order valence-corrected chi connectivity index (χ2v) is 6.31. The molecular formula is C10H9FN2OS3. The van der Waals surface area contributed by atoms with Crippen molar-refractivity contribution in [1.82, 2.24) is 10.2 Å². The SMILES string of the molecule is CSc1nnc(Sc2c(F)cccc2CO)s1. The molecule has 0 spiro atoms. The van der Waals surface area contributed by atoms with Crippen LogP contribution in [-0.2, 0) is 6.61 Å². The molecule has 0 saturated heterocycles. The number of hydrogen-bond acceptors (Lipinski definition) is 6. The normalized spacial score (nSPS) is 10.8. The van der Waals surface area contributed by atoms with Gasteiger partial charge in [0, 0.05) is 0 Å². The van der Waals surface area contributed by atoms with Crippen molar-refractivity contribution in [3.8, 4) is 0 Å². The van der Waals surface area contributed by atoms with Crippen molar-refractivity contribution in [2.75, 3.05) is 6.26 Å². The fraction of sp³-hybridized carbons (Fsp3) is 0.200. The minimum Gasteiger partial charge on any atom is -0.392 e. The zero-order valence-corrected chi connectivity index (χ0v) is 11.3. The smallest absolute Gasteiger partial charge is 0.180 e. The monoisotopic (exact) mass is 288 g/mol. The largest absolute Gasteiger partial charge is 0.392 e. The van der Waals surface area contributed by atoms with Gasteiger partial charge in [-0.05, 0) is 17.9 Å². The molecule has 1 heterocycles. The second kappa shape index (κ2) is 5.81. The maximum absolute atomic E-state index is 13.6. The van der Waals surface area contributed by atoms with E-state index in [0.29, 0.717) is 14.8 Å². The summed E-state index contributed by atoms with van der Waals surface area (Å²) in [4.78, 5) is 0.416. The quantitative estimate of drug-likeness (QED) is 0.876. The maximum atomic E-state index is 13.6. The first-order chi connectivity index (χ1) is 8.24. The van der Waals surface area contributed by atoms with Gasteiger partial charge in [0.2, 0.25) is 0 Å². The highest BCUT2D eigenvalue weighted by Crippen LogP contribution is 2.36. The summed E-state index contributed by atoms with van der Waals surface area (Å²) in [5.74, 6) is -0.345. The Morgan fingerprint density at radius 2 is 2.12 bits per heavy atom. The molecule has 1 aromatic carbocycles. The van der Waals surface area contributed by atoms with Crippen molar-refractivity contribution in [2.45, 2.75) is 20.2 Å². The lowest BCUT2D eigenvalue weighted by Gasteiger charge is -2.05. The predicted molar refractivity (Wildman–Crippen MR) is 68.1 cm³/mol. The average molecular weight is 288 g/mol. The van der Waals surface area contributed by atoms with Gasteiger partial charge in [-0.15, -0.1) is 10.2 Å². The lowest BCUT2D eigenvalue weighted by atomic mass is 10.2. The molecule has 90 valence electrons. The van der Waals surface area contributed by atoms with Gasteiger partial charge in [0.15, 0.2) is 8.68 Å². The highest BCUT2D eigenvalue weighted by atomic mass is 32.2. The molecule has 0 radical (unpaired) electrons. The molecule has 17 heavy (non-hydrogen) atoms. The van der Waals surface area contributed by atoms with E-state index in [1.807, 2.05) is 6.26 Å². The molecule has 0 bridgehead atoms. The van der Waals surface area contributed by atoms with Crippen LogP contribution in [0.2, 0.25) is 0 Å². The number of halogens is 1. The Balaban J connectivity index is 2.28. The van der Waals surface area contributed by atoms with Gasteiger partial charge in [-0.1, -0.05) is 47.0 Å². The predicted octanol–water partition coefficient (Wildman–Crippen LogP) is 3.04. The molecule has 0 aliphatic carbocycles. The number of aliphatic hydroxyl groups excluding tert-OH is 1. The summed E-state index contributed by atoms with van der Waals surface area (Å²) < 4.78 is 15.1. The highest BCUT2D eigenvalue weighted by Gasteiger charge is 2.12. The van der Waals surface area contributed by atoms with Gasteiger partial charge in [-0.25, -0.2) is 4.39 Å². The Morgan fingerprint density at radius 3 is 2.76 bits per heavy atom. The van der Waals surface area contributed by atoms with Crippen molar-refractivity contribution in [3.63, 3.8) is 0 Å². The molecule has 0 aliphatic rings. The van der Waals surface area contributed by atoms with Crippen LogP contribution in [0.3, 0.4) is 0 Å². The lowest BCUT2D eigenvalue weighted by Crippen LogP contribution is -1.91. The van der Waals surface area contributed by atoms with Crippen molar-refractivity contribution >= 4 is 34.9 Å². The Morgan fingerprint density at radius 1 is 1.35 bits per heavy atom. The molecule has 3 nitrogen and oxygen atoms in total. The van der Waals surface area contributed by atoms with Crippen LogP contribution in [0.15, 0.2) is 31.8 Å². The summed E-state index contributed by atoms with van der Waals surface area (Å²) in [5.41, 5.74) is 0.566. The lowest BCUT2D eigenvalue weighted by molar-refractivity contribution is 0.277. The van der Waals surface area contributed by atoms with E-state index in [9.17, 15) is 4.39 Å². The molecule has 0 fully saturated rings. The highest BCUT2D eigenvalue weighted by molar-refractivity contribution is 8.03. The molecule has 1 aromatic heterocycles. The minimum absolute atomic E-state index is 0.186. The molecule has 7 heteroatoms. The van der Waals surface area contributed by atoms with Crippen molar-refractivity contribution in [1.29, 1.82) is 0 Å². The zero-order chi connectivity index (χ0) is 12.3. The van der Waals surface area contributed by atoms with E-state index in [0.717, 1.165) is 4.34 Å². The van der Waals surface area contributed by atoms with Gasteiger partial charge in [0.05, 0.1) is 11.5 Å². The van der Waals surface area contributed by atoms with E-state index >= 15 is 0 Å². The van der Waals surface area contributed by atoms with Gasteiger partial charge < -0.3 is 5.11 Å². The van der Waals surface area contributed by atoms with Gasteiger partial charge in [0.25, 0.3) is 0 Å². The van der Waals surface area contributed by atoms with Gasteiger partial charge in [0.1, 0.15) is 5.82 Å². The third-order valence-corrected chi connectivity index (χ3v) is 5.08. The average Bonchev–Trinajstić information content (AvgIpc) is 2.79. The Kier molecular flexibility index (Phi) is 4.38. The van der Waals surface area contributed by atoms with Crippen LogP contribution >= 0.6 is 34.9 Å². The topological polar surface area (TPSA) is 46.0 Å². The number of aromatic nitrogens is 2. The third kappa shape index (κ3) is 2.98. The maximum Gasteiger partial charge on any atom is 0.180 e. The van der Waals surface area contributed by atoms with Crippen LogP contribution in [-0.4, -0.2) is 21.6 Å². The summed E-state index contributed by atoms with van der Waals surface area (Å²) in [5, 5.41) is 17.1. The van der Waals surface area contributed by atoms with Crippen LogP contribution in [0.4, 0.5) is 4.39 Å². The molecular weight excluding hydrogens is 279 g/mol. The third-order valence-electron chi connectivity index (χ3n) is 1.97. The summed E-state index contributed by atoms with van der Waals surface area (Å²) >= 11 is 4.11. The van der Waals surface area contributed by atoms with Crippen LogP contribution < -0.4 is 0 Å². The first-order valence-electron chi connectivity index (χ1n) is 4.68. The number of nitrogens with zero attached hydrogens (tertiary/aromatic N) is 2. The van der Waals surface area contributed by atoms with E-state index in [-0.39, 0.29) is 12.4 Å². The molecule has 0 atom stereocenters. The standard InChI is InChI=1S/C10H9FN2OS3/c1-15-9-12-13-10(17-9)16-8-6(5-14)3-2-4-7(8)11/h2-4,14H,5H2,1H3. The molecule has 0 amide bonds.